The number of esters is 1. The number of carboxylic acids is 1. The summed E-state index contributed by atoms with van der Waals surface area (Å²) in [5.41, 5.74) is 0. The molecule has 0 aromatic rings. The third-order valence-corrected chi connectivity index (χ3v) is 4.11. The first-order chi connectivity index (χ1) is 9.02. The van der Waals surface area contributed by atoms with E-state index in [4.69, 9.17) is 9.84 Å². The Balaban J connectivity index is 1.97. The normalized spacial score (nSPS) is 29.1. The van der Waals surface area contributed by atoms with Gasteiger partial charge in [0.1, 0.15) is 0 Å². The maximum absolute atomic E-state index is 12.1. The van der Waals surface area contributed by atoms with Crippen molar-refractivity contribution < 1.29 is 24.2 Å². The first kappa shape index (κ1) is 13.8. The predicted octanol–water partition coefficient (Wildman–Crippen LogP) is 0.794. The fourth-order valence-electron chi connectivity index (χ4n) is 3.29. The van der Waals surface area contributed by atoms with Crippen LogP contribution in [0.4, 0.5) is 0 Å². The minimum Gasteiger partial charge on any atom is -0.481 e. The number of fused-ring (bicyclic) bond motifs is 2. The summed E-state index contributed by atoms with van der Waals surface area (Å²) in [6.07, 6.45) is 3.00. The number of carbonyl (C=O) groups is 3. The number of ether oxygens (including phenoxy) is 1. The molecule has 2 unspecified atom stereocenters. The van der Waals surface area contributed by atoms with Crippen molar-refractivity contribution in [2.24, 2.45) is 5.92 Å². The molecule has 2 aliphatic heterocycles. The number of hydrogen-bond acceptors (Lipinski definition) is 4. The second-order valence-electron chi connectivity index (χ2n) is 5.27. The highest BCUT2D eigenvalue weighted by Gasteiger charge is 2.45. The third kappa shape index (κ3) is 2.88. The Hall–Kier alpha value is -1.59. The van der Waals surface area contributed by atoms with E-state index in [-0.39, 0.29) is 42.7 Å². The van der Waals surface area contributed by atoms with Gasteiger partial charge >= 0.3 is 11.9 Å². The maximum Gasteiger partial charge on any atom is 0.308 e. The van der Waals surface area contributed by atoms with Crippen LogP contribution in [0.3, 0.4) is 0 Å². The van der Waals surface area contributed by atoms with E-state index in [0.717, 1.165) is 12.8 Å². The Labute approximate surface area is 111 Å². The molecule has 1 amide bonds. The van der Waals surface area contributed by atoms with E-state index in [1.165, 1.54) is 7.11 Å². The van der Waals surface area contributed by atoms with Gasteiger partial charge in [-0.1, -0.05) is 0 Å². The summed E-state index contributed by atoms with van der Waals surface area (Å²) in [6.45, 7) is 0. The molecule has 0 saturated carbocycles. The molecule has 2 atom stereocenters. The number of amides is 1. The molecular weight excluding hydrogens is 250 g/mol. The summed E-state index contributed by atoms with van der Waals surface area (Å²) in [5.74, 6) is -1.37. The number of carbonyl (C=O) groups excluding carboxylic acids is 2. The largest absolute Gasteiger partial charge is 0.481 e. The maximum atomic E-state index is 12.1. The van der Waals surface area contributed by atoms with E-state index in [0.29, 0.717) is 12.8 Å². The molecule has 0 aromatic carbocycles. The molecule has 6 nitrogen and oxygen atoms in total. The van der Waals surface area contributed by atoms with E-state index in [9.17, 15) is 14.4 Å². The lowest BCUT2D eigenvalue weighted by molar-refractivity contribution is -0.151. The monoisotopic (exact) mass is 269 g/mol. The van der Waals surface area contributed by atoms with Crippen LogP contribution in [0.15, 0.2) is 0 Å². The van der Waals surface area contributed by atoms with E-state index in [2.05, 4.69) is 0 Å². The van der Waals surface area contributed by atoms with Crippen LogP contribution in [0.1, 0.15) is 38.5 Å². The van der Waals surface area contributed by atoms with Crippen molar-refractivity contribution in [2.45, 2.75) is 50.6 Å². The van der Waals surface area contributed by atoms with Crippen molar-refractivity contribution in [3.63, 3.8) is 0 Å². The van der Waals surface area contributed by atoms with Crippen molar-refractivity contribution in [3.05, 3.63) is 0 Å². The molecule has 2 saturated heterocycles. The smallest absolute Gasteiger partial charge is 0.308 e. The summed E-state index contributed by atoms with van der Waals surface area (Å²) < 4.78 is 4.77. The van der Waals surface area contributed by atoms with Crippen LogP contribution in [0.25, 0.3) is 0 Å². The van der Waals surface area contributed by atoms with E-state index in [1.54, 1.807) is 0 Å². The highest BCUT2D eigenvalue weighted by Crippen LogP contribution is 2.39. The van der Waals surface area contributed by atoms with Crippen LogP contribution in [0.2, 0.25) is 0 Å². The minimum absolute atomic E-state index is 0.0468. The van der Waals surface area contributed by atoms with Gasteiger partial charge < -0.3 is 14.7 Å². The molecule has 0 radical (unpaired) electrons. The molecule has 6 heteroatoms. The van der Waals surface area contributed by atoms with Gasteiger partial charge in [-0.3, -0.25) is 14.4 Å². The van der Waals surface area contributed by atoms with Gasteiger partial charge in [0.2, 0.25) is 5.91 Å². The second-order valence-corrected chi connectivity index (χ2v) is 5.27. The lowest BCUT2D eigenvalue weighted by atomic mass is 9.90. The molecule has 0 spiro atoms. The van der Waals surface area contributed by atoms with E-state index in [1.807, 2.05) is 4.90 Å². The Morgan fingerprint density at radius 1 is 1.16 bits per heavy atom. The van der Waals surface area contributed by atoms with Crippen LogP contribution in [0, 0.1) is 5.92 Å². The number of aliphatic carboxylic acids is 1. The molecule has 2 rings (SSSR count). The van der Waals surface area contributed by atoms with Crippen molar-refractivity contribution in [3.8, 4) is 0 Å². The lowest BCUT2D eigenvalue weighted by Gasteiger charge is -2.38. The highest BCUT2D eigenvalue weighted by atomic mass is 16.5. The molecule has 0 aliphatic carbocycles. The first-order valence-electron chi connectivity index (χ1n) is 6.63. The lowest BCUT2D eigenvalue weighted by Crippen LogP contribution is -2.48. The van der Waals surface area contributed by atoms with Gasteiger partial charge in [0.15, 0.2) is 0 Å². The number of rotatable bonds is 4. The Bertz CT molecular complexity index is 380. The fourth-order valence-corrected chi connectivity index (χ4v) is 3.29. The zero-order valence-corrected chi connectivity index (χ0v) is 11.0. The fraction of sp³-hybridized carbons (Fsp3) is 0.769. The van der Waals surface area contributed by atoms with Crippen molar-refractivity contribution in [2.75, 3.05) is 7.11 Å². The standard InChI is InChI=1S/C13H19NO5/c1-19-13(18)8-6-9-2-3-10(7-8)14(9)11(15)4-5-12(16)17/h8-10H,2-7H2,1H3,(H,16,17). The molecule has 2 bridgehead atoms. The van der Waals surface area contributed by atoms with Crippen LogP contribution < -0.4 is 0 Å². The van der Waals surface area contributed by atoms with Crippen molar-refractivity contribution in [1.29, 1.82) is 0 Å². The molecule has 0 aromatic heterocycles. The van der Waals surface area contributed by atoms with Crippen LogP contribution >= 0.6 is 0 Å². The Morgan fingerprint density at radius 3 is 2.21 bits per heavy atom. The summed E-state index contributed by atoms with van der Waals surface area (Å²) >= 11 is 0. The zero-order chi connectivity index (χ0) is 14.0. The van der Waals surface area contributed by atoms with Crippen LogP contribution in [0.5, 0.6) is 0 Å². The summed E-state index contributed by atoms with van der Waals surface area (Å²) in [4.78, 5) is 36.0. The van der Waals surface area contributed by atoms with Gasteiger partial charge in [-0.15, -0.1) is 0 Å². The van der Waals surface area contributed by atoms with Gasteiger partial charge in [-0.05, 0) is 25.7 Å². The van der Waals surface area contributed by atoms with Gasteiger partial charge in [-0.25, -0.2) is 0 Å². The number of nitrogens with zero attached hydrogens (tertiary/aromatic N) is 1. The average Bonchev–Trinajstić information content (AvgIpc) is 2.65. The Morgan fingerprint density at radius 2 is 1.74 bits per heavy atom. The van der Waals surface area contributed by atoms with Gasteiger partial charge in [0.25, 0.3) is 0 Å². The summed E-state index contributed by atoms with van der Waals surface area (Å²) in [7, 11) is 1.38. The Kier molecular flexibility index (Phi) is 4.07. The topological polar surface area (TPSA) is 83.9 Å². The molecule has 2 aliphatic rings. The van der Waals surface area contributed by atoms with Gasteiger partial charge in [0, 0.05) is 18.5 Å². The molecule has 2 fully saturated rings. The predicted molar refractivity (Wildman–Crippen MR) is 65.3 cm³/mol. The summed E-state index contributed by atoms with van der Waals surface area (Å²) in [5, 5.41) is 8.62. The van der Waals surface area contributed by atoms with Crippen molar-refractivity contribution >= 4 is 17.8 Å². The molecular formula is C13H19NO5. The quantitative estimate of drug-likeness (QED) is 0.763. The van der Waals surface area contributed by atoms with Gasteiger partial charge in [0.05, 0.1) is 19.4 Å². The second kappa shape index (κ2) is 5.59. The molecule has 1 N–H and O–H groups in total. The van der Waals surface area contributed by atoms with E-state index >= 15 is 0 Å². The highest BCUT2D eigenvalue weighted by molar-refractivity contribution is 5.82. The van der Waals surface area contributed by atoms with Crippen LogP contribution in [-0.2, 0) is 19.1 Å². The number of hydrogen-bond donors (Lipinski definition) is 1. The first-order valence-corrected chi connectivity index (χ1v) is 6.63. The summed E-state index contributed by atoms with van der Waals surface area (Å²) in [6, 6.07) is 0.147. The SMILES string of the molecule is COC(=O)C1CC2CCC(C1)N2C(=O)CCC(=O)O. The zero-order valence-electron chi connectivity index (χ0n) is 11.0. The number of carboxylic acid groups (broad SMARTS) is 1. The minimum atomic E-state index is -0.954. The number of methoxy groups -OCH3 is 1. The molecule has 2 heterocycles. The molecule has 19 heavy (non-hydrogen) atoms. The third-order valence-electron chi connectivity index (χ3n) is 4.11. The molecule has 106 valence electrons. The van der Waals surface area contributed by atoms with E-state index < -0.39 is 5.97 Å². The van der Waals surface area contributed by atoms with Crippen molar-refractivity contribution in [1.82, 2.24) is 4.90 Å². The average molecular weight is 269 g/mol. The van der Waals surface area contributed by atoms with Gasteiger partial charge in [-0.2, -0.15) is 0 Å². The van der Waals surface area contributed by atoms with Crippen LogP contribution in [-0.4, -0.2) is 47.0 Å². The number of piperidine rings is 1.